The van der Waals surface area contributed by atoms with Crippen LogP contribution in [-0.2, 0) is 0 Å². The zero-order chi connectivity index (χ0) is 13.5. The molecule has 0 bridgehead atoms. The molecular formula is C13H15FN4. The number of nitriles is 2. The molecule has 1 unspecified atom stereocenters. The van der Waals surface area contributed by atoms with E-state index in [1.54, 1.807) is 6.07 Å². The predicted octanol–water partition coefficient (Wildman–Crippen LogP) is 1.41. The molecule has 4 nitrogen and oxygen atoms in total. The summed E-state index contributed by atoms with van der Waals surface area (Å²) in [5.74, 6) is -0.564. The summed E-state index contributed by atoms with van der Waals surface area (Å²) in [7, 11) is 3.88. The number of benzene rings is 1. The first-order valence-corrected chi connectivity index (χ1v) is 5.55. The zero-order valence-electron chi connectivity index (χ0n) is 10.4. The highest BCUT2D eigenvalue weighted by molar-refractivity contribution is 5.37. The lowest BCUT2D eigenvalue weighted by atomic mass is 10.0. The molecule has 1 rings (SSSR count). The number of nitrogens with zero attached hydrogens (tertiary/aromatic N) is 3. The quantitative estimate of drug-likeness (QED) is 0.853. The molecule has 0 saturated carbocycles. The lowest BCUT2D eigenvalue weighted by molar-refractivity contribution is 0.395. The van der Waals surface area contributed by atoms with E-state index in [1.807, 2.05) is 19.0 Å². The van der Waals surface area contributed by atoms with E-state index in [0.29, 0.717) is 12.1 Å². The van der Waals surface area contributed by atoms with Gasteiger partial charge in [-0.15, -0.1) is 0 Å². The zero-order valence-corrected chi connectivity index (χ0v) is 10.4. The van der Waals surface area contributed by atoms with E-state index in [2.05, 4.69) is 11.4 Å². The van der Waals surface area contributed by atoms with Gasteiger partial charge in [-0.2, -0.15) is 10.5 Å². The minimum absolute atomic E-state index is 0.0397. The van der Waals surface area contributed by atoms with Gasteiger partial charge in [-0.25, -0.2) is 4.39 Å². The Morgan fingerprint density at radius 1 is 1.39 bits per heavy atom. The van der Waals surface area contributed by atoms with E-state index in [4.69, 9.17) is 10.5 Å². The van der Waals surface area contributed by atoms with E-state index < -0.39 is 11.9 Å². The van der Waals surface area contributed by atoms with Crippen molar-refractivity contribution in [2.45, 2.75) is 6.04 Å². The third kappa shape index (κ3) is 3.81. The smallest absolute Gasteiger partial charge is 0.140 e. The normalized spacial score (nSPS) is 11.9. The van der Waals surface area contributed by atoms with Crippen LogP contribution in [0.3, 0.4) is 0 Å². The molecule has 0 amide bonds. The Labute approximate surface area is 106 Å². The van der Waals surface area contributed by atoms with Gasteiger partial charge in [0.1, 0.15) is 17.9 Å². The molecule has 18 heavy (non-hydrogen) atoms. The molecule has 0 aliphatic carbocycles. The Morgan fingerprint density at radius 2 is 2.11 bits per heavy atom. The van der Waals surface area contributed by atoms with Gasteiger partial charge in [0.25, 0.3) is 0 Å². The first kappa shape index (κ1) is 14.1. The number of hydrogen-bond donors (Lipinski definition) is 1. The maximum Gasteiger partial charge on any atom is 0.140 e. The van der Waals surface area contributed by atoms with Crippen molar-refractivity contribution in [2.24, 2.45) is 0 Å². The van der Waals surface area contributed by atoms with Gasteiger partial charge in [0, 0.05) is 13.1 Å². The van der Waals surface area contributed by atoms with Crippen molar-refractivity contribution in [2.75, 3.05) is 27.2 Å². The van der Waals surface area contributed by atoms with Crippen molar-refractivity contribution in [1.82, 2.24) is 10.2 Å². The van der Waals surface area contributed by atoms with Crippen molar-refractivity contribution >= 4 is 0 Å². The van der Waals surface area contributed by atoms with E-state index in [1.165, 1.54) is 18.2 Å². The van der Waals surface area contributed by atoms with E-state index in [9.17, 15) is 4.39 Å². The van der Waals surface area contributed by atoms with Crippen molar-refractivity contribution in [3.8, 4) is 12.1 Å². The Bertz CT molecular complexity index is 485. The van der Waals surface area contributed by atoms with Crippen LogP contribution in [-0.4, -0.2) is 32.1 Å². The fraction of sp³-hybridized carbons (Fsp3) is 0.385. The molecule has 1 aromatic carbocycles. The highest BCUT2D eigenvalue weighted by Gasteiger charge is 2.12. The summed E-state index contributed by atoms with van der Waals surface area (Å²) < 4.78 is 13.2. The number of hydrogen-bond acceptors (Lipinski definition) is 4. The Kier molecular flexibility index (Phi) is 5.26. The average Bonchev–Trinajstić information content (AvgIpc) is 2.35. The Balaban J connectivity index is 2.77. The van der Waals surface area contributed by atoms with Crippen LogP contribution in [0.5, 0.6) is 0 Å². The summed E-state index contributed by atoms with van der Waals surface area (Å²) in [6.07, 6.45) is 0. The summed E-state index contributed by atoms with van der Waals surface area (Å²) in [5, 5.41) is 20.9. The van der Waals surface area contributed by atoms with Crippen LogP contribution in [0.25, 0.3) is 0 Å². The van der Waals surface area contributed by atoms with Crippen LogP contribution in [0.15, 0.2) is 18.2 Å². The number of rotatable bonds is 5. The van der Waals surface area contributed by atoms with Gasteiger partial charge in [-0.1, -0.05) is 6.07 Å². The number of likely N-dealkylation sites (N-methyl/N-ethyl adjacent to an activating group) is 1. The van der Waals surface area contributed by atoms with Gasteiger partial charge in [0.2, 0.25) is 0 Å². The molecule has 5 heteroatoms. The maximum atomic E-state index is 13.2. The second-order valence-electron chi connectivity index (χ2n) is 4.17. The maximum absolute atomic E-state index is 13.2. The fourth-order valence-corrected chi connectivity index (χ4v) is 1.48. The Morgan fingerprint density at radius 3 is 2.67 bits per heavy atom. The summed E-state index contributed by atoms with van der Waals surface area (Å²) in [6, 6.07) is 7.48. The first-order valence-electron chi connectivity index (χ1n) is 5.55. The van der Waals surface area contributed by atoms with Crippen LogP contribution in [0.4, 0.5) is 4.39 Å². The minimum Gasteiger partial charge on any atom is -0.308 e. The first-order chi connectivity index (χ1) is 8.58. The van der Waals surface area contributed by atoms with Crippen LogP contribution < -0.4 is 5.32 Å². The molecule has 1 N–H and O–H groups in total. The summed E-state index contributed by atoms with van der Waals surface area (Å²) in [6.45, 7) is 1.44. The SMILES string of the molecule is CN(C)CCNC(C#N)c1ccc(F)c(C#N)c1. The second kappa shape index (κ2) is 6.70. The predicted molar refractivity (Wildman–Crippen MR) is 66.0 cm³/mol. The largest absolute Gasteiger partial charge is 0.308 e. The molecule has 0 fully saturated rings. The second-order valence-corrected chi connectivity index (χ2v) is 4.17. The van der Waals surface area contributed by atoms with Crippen molar-refractivity contribution < 1.29 is 4.39 Å². The van der Waals surface area contributed by atoms with Crippen LogP contribution in [0.1, 0.15) is 17.2 Å². The van der Waals surface area contributed by atoms with E-state index in [-0.39, 0.29) is 5.56 Å². The monoisotopic (exact) mass is 246 g/mol. The molecule has 0 aliphatic heterocycles. The molecule has 0 aromatic heterocycles. The van der Waals surface area contributed by atoms with Crippen molar-refractivity contribution in [3.63, 3.8) is 0 Å². The molecule has 0 aliphatic rings. The number of nitrogens with one attached hydrogen (secondary N) is 1. The van der Waals surface area contributed by atoms with E-state index in [0.717, 1.165) is 6.54 Å². The fourth-order valence-electron chi connectivity index (χ4n) is 1.48. The number of halogens is 1. The molecule has 0 radical (unpaired) electrons. The van der Waals surface area contributed by atoms with Gasteiger partial charge in [0.05, 0.1) is 11.6 Å². The molecule has 1 aromatic rings. The summed E-state index contributed by atoms with van der Waals surface area (Å²) in [4.78, 5) is 1.99. The van der Waals surface area contributed by atoms with Gasteiger partial charge >= 0.3 is 0 Å². The highest BCUT2D eigenvalue weighted by atomic mass is 19.1. The molecule has 94 valence electrons. The van der Waals surface area contributed by atoms with Gasteiger partial charge in [-0.05, 0) is 31.8 Å². The molecule has 0 spiro atoms. The van der Waals surface area contributed by atoms with Crippen LogP contribution >= 0.6 is 0 Å². The average molecular weight is 246 g/mol. The topological polar surface area (TPSA) is 62.9 Å². The van der Waals surface area contributed by atoms with Gasteiger partial charge in [0.15, 0.2) is 0 Å². The molecular weight excluding hydrogens is 231 g/mol. The highest BCUT2D eigenvalue weighted by Crippen LogP contribution is 2.16. The Hall–Kier alpha value is -1.95. The van der Waals surface area contributed by atoms with Crippen LogP contribution in [0, 0.1) is 28.5 Å². The van der Waals surface area contributed by atoms with Crippen molar-refractivity contribution in [3.05, 3.63) is 35.1 Å². The van der Waals surface area contributed by atoms with Gasteiger partial charge in [-0.3, -0.25) is 5.32 Å². The standard InChI is InChI=1S/C13H15FN4/c1-18(2)6-5-17-13(9-16)10-3-4-12(14)11(7-10)8-15/h3-4,7,13,17H,5-6H2,1-2H3. The third-order valence-corrected chi connectivity index (χ3v) is 2.48. The summed E-state index contributed by atoms with van der Waals surface area (Å²) >= 11 is 0. The van der Waals surface area contributed by atoms with Crippen LogP contribution in [0.2, 0.25) is 0 Å². The third-order valence-electron chi connectivity index (χ3n) is 2.48. The van der Waals surface area contributed by atoms with Gasteiger partial charge < -0.3 is 4.90 Å². The molecule has 0 heterocycles. The van der Waals surface area contributed by atoms with E-state index >= 15 is 0 Å². The molecule has 1 atom stereocenters. The van der Waals surface area contributed by atoms with Crippen molar-refractivity contribution in [1.29, 1.82) is 10.5 Å². The summed E-state index contributed by atoms with van der Waals surface area (Å²) in [5.41, 5.74) is 0.566. The minimum atomic E-state index is -0.564. The lowest BCUT2D eigenvalue weighted by Crippen LogP contribution is -2.29. The lowest BCUT2D eigenvalue weighted by Gasteiger charge is -2.14. The molecule has 0 saturated heterocycles.